The number of rotatable bonds is 1. The van der Waals surface area contributed by atoms with Crippen LogP contribution in [0.25, 0.3) is 0 Å². The van der Waals surface area contributed by atoms with Crippen molar-refractivity contribution in [3.8, 4) is 0 Å². The maximum Gasteiger partial charge on any atom is 0.255 e. The van der Waals surface area contributed by atoms with Gasteiger partial charge in [0.15, 0.2) is 11.6 Å². The van der Waals surface area contributed by atoms with Gasteiger partial charge in [0.05, 0.1) is 6.54 Å². The number of fused-ring (bicyclic) bond motifs is 1. The summed E-state index contributed by atoms with van der Waals surface area (Å²) in [6.07, 6.45) is 0.305. The van der Waals surface area contributed by atoms with Gasteiger partial charge < -0.3 is 4.90 Å². The molecule has 2 aliphatic heterocycles. The van der Waals surface area contributed by atoms with Crippen LogP contribution in [-0.2, 0) is 16.1 Å². The van der Waals surface area contributed by atoms with E-state index in [9.17, 15) is 23.2 Å². The predicted molar refractivity (Wildman–Crippen MR) is 67.1 cm³/mol. The molecule has 1 aromatic carbocycles. The quantitative estimate of drug-likeness (QED) is 0.787. The van der Waals surface area contributed by atoms with Crippen LogP contribution < -0.4 is 5.32 Å². The fourth-order valence-electron chi connectivity index (χ4n) is 2.76. The fraction of sp³-hybridized carbons (Fsp3) is 0.357. The van der Waals surface area contributed by atoms with E-state index in [1.807, 2.05) is 0 Å². The van der Waals surface area contributed by atoms with Gasteiger partial charge in [-0.05, 0) is 25.0 Å². The molecule has 0 aliphatic carbocycles. The Morgan fingerprint density at radius 1 is 1.24 bits per heavy atom. The molecule has 3 amide bonds. The molecule has 7 heteroatoms. The lowest BCUT2D eigenvalue weighted by molar-refractivity contribution is -0.136. The molecule has 1 N–H and O–H groups in total. The third-order valence-corrected chi connectivity index (χ3v) is 3.90. The average molecular weight is 294 g/mol. The highest BCUT2D eigenvalue weighted by Gasteiger charge is 2.40. The van der Waals surface area contributed by atoms with Crippen LogP contribution in [0.5, 0.6) is 0 Å². The standard InChI is InChI=1S/C14H12F2N2O3/c1-6-4-7-8(12(16)11(6)15)5-18(14(7)21)9-2-3-10(19)17-13(9)20/h4,9H,2-3,5H2,1H3,(H,17,19,20). The summed E-state index contributed by atoms with van der Waals surface area (Å²) >= 11 is 0. The molecule has 5 nitrogen and oxygen atoms in total. The van der Waals surface area contributed by atoms with Crippen LogP contribution in [-0.4, -0.2) is 28.7 Å². The van der Waals surface area contributed by atoms with Gasteiger partial charge in [-0.25, -0.2) is 8.78 Å². The maximum atomic E-state index is 13.9. The molecule has 0 spiro atoms. The number of nitrogens with one attached hydrogen (secondary N) is 1. The van der Waals surface area contributed by atoms with Gasteiger partial charge >= 0.3 is 0 Å². The Morgan fingerprint density at radius 2 is 1.95 bits per heavy atom. The van der Waals surface area contributed by atoms with Gasteiger partial charge in [-0.3, -0.25) is 19.7 Å². The van der Waals surface area contributed by atoms with Crippen molar-refractivity contribution in [3.05, 3.63) is 34.4 Å². The number of hydrogen-bond acceptors (Lipinski definition) is 3. The second-order valence-electron chi connectivity index (χ2n) is 5.25. The normalized spacial score (nSPS) is 21.6. The van der Waals surface area contributed by atoms with Crippen LogP contribution >= 0.6 is 0 Å². The molecule has 1 atom stereocenters. The maximum absolute atomic E-state index is 13.9. The van der Waals surface area contributed by atoms with Crippen LogP contribution in [0, 0.1) is 18.6 Å². The summed E-state index contributed by atoms with van der Waals surface area (Å²) in [5.41, 5.74) is 0.0913. The highest BCUT2D eigenvalue weighted by Crippen LogP contribution is 2.31. The summed E-state index contributed by atoms with van der Waals surface area (Å²) in [7, 11) is 0. The zero-order valence-electron chi connectivity index (χ0n) is 11.2. The third kappa shape index (κ3) is 2.00. The Hall–Kier alpha value is -2.31. The molecular weight excluding hydrogens is 282 g/mol. The molecule has 1 unspecified atom stereocenters. The molecule has 21 heavy (non-hydrogen) atoms. The molecule has 0 bridgehead atoms. The summed E-state index contributed by atoms with van der Waals surface area (Å²) in [6.45, 7) is 1.21. The SMILES string of the molecule is Cc1cc2c(c(F)c1F)CN(C1CCC(=O)NC1=O)C2=O. The van der Waals surface area contributed by atoms with Gasteiger partial charge in [0.1, 0.15) is 6.04 Å². The number of carbonyl (C=O) groups excluding carboxylic acids is 3. The number of benzene rings is 1. The number of hydrogen-bond donors (Lipinski definition) is 1. The van der Waals surface area contributed by atoms with Crippen molar-refractivity contribution in [2.24, 2.45) is 0 Å². The largest absolute Gasteiger partial charge is 0.322 e. The lowest BCUT2D eigenvalue weighted by Crippen LogP contribution is -2.52. The molecule has 1 aromatic rings. The summed E-state index contributed by atoms with van der Waals surface area (Å²) in [5, 5.41) is 2.15. The van der Waals surface area contributed by atoms with E-state index < -0.39 is 35.4 Å². The zero-order valence-corrected chi connectivity index (χ0v) is 11.2. The van der Waals surface area contributed by atoms with Crippen molar-refractivity contribution in [2.75, 3.05) is 0 Å². The van der Waals surface area contributed by atoms with Crippen molar-refractivity contribution < 1.29 is 23.2 Å². The van der Waals surface area contributed by atoms with Crippen molar-refractivity contribution in [1.29, 1.82) is 0 Å². The van der Waals surface area contributed by atoms with Crippen LogP contribution in [0.4, 0.5) is 8.78 Å². The summed E-state index contributed by atoms with van der Waals surface area (Å²) in [5.74, 6) is -3.51. The summed E-state index contributed by atoms with van der Waals surface area (Å²) in [4.78, 5) is 36.4. The third-order valence-electron chi connectivity index (χ3n) is 3.90. The molecule has 0 radical (unpaired) electrons. The Bertz CT molecular complexity index is 687. The van der Waals surface area contributed by atoms with Gasteiger partial charge in [-0.2, -0.15) is 0 Å². The van der Waals surface area contributed by atoms with E-state index in [4.69, 9.17) is 0 Å². The van der Waals surface area contributed by atoms with E-state index >= 15 is 0 Å². The minimum atomic E-state index is -1.05. The summed E-state index contributed by atoms with van der Waals surface area (Å²) < 4.78 is 27.5. The lowest BCUT2D eigenvalue weighted by Gasteiger charge is -2.29. The molecule has 0 aromatic heterocycles. The molecule has 2 aliphatic rings. The monoisotopic (exact) mass is 294 g/mol. The first-order valence-corrected chi connectivity index (χ1v) is 6.52. The average Bonchev–Trinajstić information content (AvgIpc) is 2.74. The molecule has 0 saturated carbocycles. The first kappa shape index (κ1) is 13.7. The highest BCUT2D eigenvalue weighted by atomic mass is 19.2. The van der Waals surface area contributed by atoms with Crippen LogP contribution in [0.1, 0.15) is 34.3 Å². The van der Waals surface area contributed by atoms with Crippen molar-refractivity contribution in [2.45, 2.75) is 32.4 Å². The molecular formula is C14H12F2N2O3. The second kappa shape index (κ2) is 4.61. The topological polar surface area (TPSA) is 66.5 Å². The Morgan fingerprint density at radius 3 is 2.62 bits per heavy atom. The van der Waals surface area contributed by atoms with Crippen molar-refractivity contribution in [1.82, 2.24) is 10.2 Å². The van der Waals surface area contributed by atoms with Crippen LogP contribution in [0.2, 0.25) is 0 Å². The number of carbonyl (C=O) groups is 3. The molecule has 3 rings (SSSR count). The highest BCUT2D eigenvalue weighted by molar-refractivity contribution is 6.05. The fourth-order valence-corrected chi connectivity index (χ4v) is 2.76. The second-order valence-corrected chi connectivity index (χ2v) is 5.25. The lowest BCUT2D eigenvalue weighted by atomic mass is 10.0. The number of imide groups is 1. The van der Waals surface area contributed by atoms with E-state index in [1.54, 1.807) is 0 Å². The van der Waals surface area contributed by atoms with Gasteiger partial charge in [-0.1, -0.05) is 0 Å². The predicted octanol–water partition coefficient (Wildman–Crippen LogP) is 1.03. The molecule has 110 valence electrons. The van der Waals surface area contributed by atoms with E-state index in [-0.39, 0.29) is 36.1 Å². The first-order valence-electron chi connectivity index (χ1n) is 6.52. The number of nitrogens with zero attached hydrogens (tertiary/aromatic N) is 1. The van der Waals surface area contributed by atoms with Gasteiger partial charge in [0, 0.05) is 17.5 Å². The minimum Gasteiger partial charge on any atom is -0.322 e. The number of amides is 3. The zero-order chi connectivity index (χ0) is 15.3. The Balaban J connectivity index is 1.96. The number of piperidine rings is 1. The van der Waals surface area contributed by atoms with Crippen LogP contribution in [0.15, 0.2) is 6.07 Å². The molecule has 1 saturated heterocycles. The number of aryl methyl sites for hydroxylation is 1. The van der Waals surface area contributed by atoms with E-state index in [2.05, 4.69) is 5.32 Å². The van der Waals surface area contributed by atoms with Gasteiger partial charge in [-0.15, -0.1) is 0 Å². The van der Waals surface area contributed by atoms with Gasteiger partial charge in [0.2, 0.25) is 11.8 Å². The Labute approximate surface area is 118 Å². The van der Waals surface area contributed by atoms with Crippen LogP contribution in [0.3, 0.4) is 0 Å². The van der Waals surface area contributed by atoms with Crippen molar-refractivity contribution in [3.63, 3.8) is 0 Å². The molecule has 2 heterocycles. The number of halogens is 2. The molecule has 1 fully saturated rings. The van der Waals surface area contributed by atoms with E-state index in [0.29, 0.717) is 0 Å². The minimum absolute atomic E-state index is 0.0344. The Kier molecular flexibility index (Phi) is 3.00. The smallest absolute Gasteiger partial charge is 0.255 e. The van der Waals surface area contributed by atoms with Crippen molar-refractivity contribution >= 4 is 17.7 Å². The van der Waals surface area contributed by atoms with E-state index in [1.165, 1.54) is 17.9 Å². The first-order chi connectivity index (χ1) is 9.90. The van der Waals surface area contributed by atoms with E-state index in [0.717, 1.165) is 0 Å². The van der Waals surface area contributed by atoms with Gasteiger partial charge in [0.25, 0.3) is 5.91 Å². The summed E-state index contributed by atoms with van der Waals surface area (Å²) in [6, 6.07) is 0.465.